The molecule has 106 valence electrons. The van der Waals surface area contributed by atoms with E-state index in [1.54, 1.807) is 18.3 Å². The van der Waals surface area contributed by atoms with E-state index in [0.717, 1.165) is 22.2 Å². The van der Waals surface area contributed by atoms with E-state index in [4.69, 9.17) is 17.3 Å². The average Bonchev–Trinajstić information content (AvgIpc) is 2.50. The van der Waals surface area contributed by atoms with Crippen LogP contribution in [0.2, 0.25) is 5.02 Å². The van der Waals surface area contributed by atoms with Crippen LogP contribution in [0.25, 0.3) is 10.9 Å². The van der Waals surface area contributed by atoms with Crippen molar-refractivity contribution in [3.63, 3.8) is 0 Å². The van der Waals surface area contributed by atoms with Crippen molar-refractivity contribution in [2.75, 3.05) is 11.1 Å². The Kier molecular flexibility index (Phi) is 3.62. The lowest BCUT2D eigenvalue weighted by Gasteiger charge is -2.11. The maximum atomic E-state index is 13.1. The first kappa shape index (κ1) is 13.6. The normalized spacial score (nSPS) is 10.8. The molecule has 1 aromatic heterocycles. The highest BCUT2D eigenvalue weighted by Gasteiger charge is 2.05. The minimum absolute atomic E-state index is 0.116. The molecule has 21 heavy (non-hydrogen) atoms. The first-order valence-corrected chi connectivity index (χ1v) is 6.84. The maximum Gasteiger partial charge on any atom is 0.141 e. The van der Waals surface area contributed by atoms with Gasteiger partial charge in [0.1, 0.15) is 5.82 Å². The molecular weight excluding hydrogens is 289 g/mol. The molecule has 3 aromatic rings. The molecule has 0 unspecified atom stereocenters. The Bertz CT molecular complexity index is 805. The molecule has 0 saturated heterocycles. The number of nitrogens with zero attached hydrogens (tertiary/aromatic N) is 1. The number of nitrogens with two attached hydrogens (primary N) is 1. The smallest absolute Gasteiger partial charge is 0.141 e. The fraction of sp³-hybridized carbons (Fsp3) is 0.0625. The second-order valence-electron chi connectivity index (χ2n) is 4.70. The molecule has 0 saturated carbocycles. The van der Waals surface area contributed by atoms with Crippen LogP contribution in [0.5, 0.6) is 0 Å². The second-order valence-corrected chi connectivity index (χ2v) is 5.11. The monoisotopic (exact) mass is 301 g/mol. The van der Waals surface area contributed by atoms with Crippen molar-refractivity contribution in [2.45, 2.75) is 6.54 Å². The number of halogens is 2. The van der Waals surface area contributed by atoms with Crippen LogP contribution in [0, 0.1) is 5.82 Å². The summed E-state index contributed by atoms with van der Waals surface area (Å²) in [5.74, 6) is -0.420. The zero-order valence-electron chi connectivity index (χ0n) is 11.1. The third-order valence-electron chi connectivity index (χ3n) is 3.29. The van der Waals surface area contributed by atoms with Crippen LogP contribution in [0.4, 0.5) is 15.8 Å². The number of fused-ring (bicyclic) bond motifs is 1. The second kappa shape index (κ2) is 5.58. The van der Waals surface area contributed by atoms with Gasteiger partial charge in [0, 0.05) is 18.1 Å². The third-order valence-corrected chi connectivity index (χ3v) is 3.58. The molecule has 0 radical (unpaired) electrons. The fourth-order valence-corrected chi connectivity index (χ4v) is 2.38. The predicted octanol–water partition coefficient (Wildman–Crippen LogP) is 4.22. The molecule has 2 aromatic carbocycles. The molecule has 0 aliphatic heterocycles. The van der Waals surface area contributed by atoms with Crippen molar-refractivity contribution >= 4 is 33.9 Å². The van der Waals surface area contributed by atoms with Gasteiger partial charge >= 0.3 is 0 Å². The molecule has 5 heteroatoms. The lowest BCUT2D eigenvalue weighted by Crippen LogP contribution is -2.03. The van der Waals surface area contributed by atoms with Crippen molar-refractivity contribution in [3.8, 4) is 0 Å². The summed E-state index contributed by atoms with van der Waals surface area (Å²) in [6.45, 7) is 0.510. The van der Waals surface area contributed by atoms with Gasteiger partial charge in [-0.2, -0.15) is 0 Å². The van der Waals surface area contributed by atoms with E-state index in [9.17, 15) is 4.39 Å². The zero-order valence-corrected chi connectivity index (χ0v) is 11.9. The van der Waals surface area contributed by atoms with Crippen molar-refractivity contribution in [1.29, 1.82) is 0 Å². The summed E-state index contributed by atoms with van der Waals surface area (Å²) in [5, 5.41) is 4.25. The van der Waals surface area contributed by atoms with E-state index in [1.807, 2.05) is 24.3 Å². The van der Waals surface area contributed by atoms with Crippen LogP contribution < -0.4 is 11.1 Å². The third kappa shape index (κ3) is 2.76. The minimum Gasteiger partial charge on any atom is -0.397 e. The molecular formula is C16H13ClFN3. The number of pyridine rings is 1. The molecule has 3 N–H and O–H groups in total. The highest BCUT2D eigenvalue weighted by atomic mass is 35.5. The lowest BCUT2D eigenvalue weighted by atomic mass is 10.1. The fourth-order valence-electron chi connectivity index (χ4n) is 2.18. The van der Waals surface area contributed by atoms with Gasteiger partial charge in [0.2, 0.25) is 0 Å². The number of nitrogens with one attached hydrogen (secondary N) is 1. The van der Waals surface area contributed by atoms with Gasteiger partial charge in [-0.3, -0.25) is 4.98 Å². The van der Waals surface area contributed by atoms with Gasteiger partial charge in [0.05, 0.1) is 21.9 Å². The number of anilines is 2. The summed E-state index contributed by atoms with van der Waals surface area (Å²) < 4.78 is 13.1. The van der Waals surface area contributed by atoms with Gasteiger partial charge in [-0.25, -0.2) is 4.39 Å². The Morgan fingerprint density at radius 3 is 2.86 bits per heavy atom. The maximum absolute atomic E-state index is 13.1. The Morgan fingerprint density at radius 1 is 1.19 bits per heavy atom. The summed E-state index contributed by atoms with van der Waals surface area (Å²) in [6, 6.07) is 12.2. The van der Waals surface area contributed by atoms with Crippen LogP contribution in [0.3, 0.4) is 0 Å². The summed E-state index contributed by atoms with van der Waals surface area (Å²) in [7, 11) is 0. The van der Waals surface area contributed by atoms with Gasteiger partial charge in [-0.1, -0.05) is 17.7 Å². The topological polar surface area (TPSA) is 50.9 Å². The Labute approximate surface area is 126 Å². The highest BCUT2D eigenvalue weighted by molar-refractivity contribution is 6.30. The van der Waals surface area contributed by atoms with Gasteiger partial charge in [0.15, 0.2) is 0 Å². The van der Waals surface area contributed by atoms with Crippen molar-refractivity contribution < 1.29 is 4.39 Å². The summed E-state index contributed by atoms with van der Waals surface area (Å²) >= 11 is 5.77. The number of nitrogen functional groups attached to an aromatic ring is 1. The van der Waals surface area contributed by atoms with Gasteiger partial charge in [0.25, 0.3) is 0 Å². The van der Waals surface area contributed by atoms with E-state index in [0.29, 0.717) is 12.2 Å². The van der Waals surface area contributed by atoms with Crippen LogP contribution in [0.15, 0.2) is 48.7 Å². The Balaban J connectivity index is 1.85. The van der Waals surface area contributed by atoms with Gasteiger partial charge < -0.3 is 11.1 Å². The molecule has 3 rings (SSSR count). The standard InChI is InChI=1S/C16H13ClFN3/c17-12-8-10(3-4-13(12)18)9-21-15-6-5-14-11(16(15)19)2-1-7-20-14/h1-8,21H,9,19H2. The Hall–Kier alpha value is -2.33. The molecule has 0 aliphatic carbocycles. The van der Waals surface area contributed by atoms with Crippen molar-refractivity contribution in [2.24, 2.45) is 0 Å². The molecule has 0 aliphatic rings. The summed E-state index contributed by atoms with van der Waals surface area (Å²) in [4.78, 5) is 4.26. The van der Waals surface area contributed by atoms with E-state index < -0.39 is 5.82 Å². The van der Waals surface area contributed by atoms with E-state index in [2.05, 4.69) is 10.3 Å². The quantitative estimate of drug-likeness (QED) is 0.712. The molecule has 0 amide bonds. The number of aromatic nitrogens is 1. The zero-order chi connectivity index (χ0) is 14.8. The van der Waals surface area contributed by atoms with E-state index in [-0.39, 0.29) is 5.02 Å². The number of hydrogen-bond acceptors (Lipinski definition) is 3. The number of hydrogen-bond donors (Lipinski definition) is 2. The first-order valence-electron chi connectivity index (χ1n) is 6.46. The number of rotatable bonds is 3. The summed E-state index contributed by atoms with van der Waals surface area (Å²) in [5.41, 5.74) is 9.35. The molecule has 0 bridgehead atoms. The Morgan fingerprint density at radius 2 is 2.05 bits per heavy atom. The van der Waals surface area contributed by atoms with Gasteiger partial charge in [-0.15, -0.1) is 0 Å². The number of benzene rings is 2. The van der Waals surface area contributed by atoms with Crippen LogP contribution in [-0.4, -0.2) is 4.98 Å². The van der Waals surface area contributed by atoms with Crippen LogP contribution in [0.1, 0.15) is 5.56 Å². The van der Waals surface area contributed by atoms with E-state index in [1.165, 1.54) is 6.07 Å². The predicted molar refractivity (Wildman–Crippen MR) is 84.9 cm³/mol. The van der Waals surface area contributed by atoms with Crippen molar-refractivity contribution in [3.05, 3.63) is 65.1 Å². The summed E-state index contributed by atoms with van der Waals surface area (Å²) in [6.07, 6.45) is 1.73. The van der Waals surface area contributed by atoms with Crippen molar-refractivity contribution in [1.82, 2.24) is 4.98 Å². The lowest BCUT2D eigenvalue weighted by molar-refractivity contribution is 0.627. The largest absolute Gasteiger partial charge is 0.397 e. The van der Waals surface area contributed by atoms with Crippen LogP contribution >= 0.6 is 11.6 Å². The van der Waals surface area contributed by atoms with E-state index >= 15 is 0 Å². The molecule has 0 fully saturated rings. The molecule has 0 atom stereocenters. The van der Waals surface area contributed by atoms with Crippen LogP contribution in [-0.2, 0) is 6.54 Å². The molecule has 1 heterocycles. The SMILES string of the molecule is Nc1c(NCc2ccc(F)c(Cl)c2)ccc2ncccc12. The molecule has 0 spiro atoms. The van der Waals surface area contributed by atoms with Gasteiger partial charge in [-0.05, 0) is 42.0 Å². The average molecular weight is 302 g/mol. The molecule has 3 nitrogen and oxygen atoms in total. The highest BCUT2D eigenvalue weighted by Crippen LogP contribution is 2.28. The minimum atomic E-state index is -0.420. The first-order chi connectivity index (χ1) is 10.1.